The van der Waals surface area contributed by atoms with Crippen molar-refractivity contribution in [2.24, 2.45) is 0 Å². The third-order valence-electron chi connectivity index (χ3n) is 5.77. The summed E-state index contributed by atoms with van der Waals surface area (Å²) < 4.78 is 13.5. The molecule has 2 N–H and O–H groups in total. The fourth-order valence-electron chi connectivity index (χ4n) is 4.21. The number of imidazole rings is 1. The van der Waals surface area contributed by atoms with Gasteiger partial charge in [0.2, 0.25) is 0 Å². The average Bonchev–Trinajstić information content (AvgIpc) is 3.28. The van der Waals surface area contributed by atoms with Gasteiger partial charge in [0, 0.05) is 5.56 Å². The van der Waals surface area contributed by atoms with E-state index in [9.17, 15) is 10.5 Å². The molecule has 3 aromatic carbocycles. The molecule has 0 aliphatic carbocycles. The maximum atomic E-state index is 10.1. The summed E-state index contributed by atoms with van der Waals surface area (Å²) >= 11 is 0. The predicted molar refractivity (Wildman–Crippen MR) is 134 cm³/mol. The van der Waals surface area contributed by atoms with Gasteiger partial charge in [-0.2, -0.15) is 10.5 Å². The Morgan fingerprint density at radius 2 is 1.63 bits per heavy atom. The molecule has 35 heavy (non-hydrogen) atoms. The number of fused-ring (bicyclic) bond motifs is 3. The van der Waals surface area contributed by atoms with E-state index in [1.165, 1.54) is 0 Å². The molecular weight excluding hydrogens is 438 g/mol. The van der Waals surface area contributed by atoms with E-state index in [1.807, 2.05) is 61.5 Å². The molecule has 0 saturated heterocycles. The van der Waals surface area contributed by atoms with Crippen molar-refractivity contribution in [2.75, 3.05) is 12.3 Å². The number of hydrogen-bond donors (Lipinski definition) is 1. The fourth-order valence-corrected chi connectivity index (χ4v) is 4.21. The Morgan fingerprint density at radius 3 is 2.37 bits per heavy atom. The third-order valence-corrected chi connectivity index (χ3v) is 5.77. The lowest BCUT2D eigenvalue weighted by molar-refractivity contribution is 0.269. The smallest absolute Gasteiger partial charge is 0.161 e. The van der Waals surface area contributed by atoms with Crippen LogP contribution in [0, 0.1) is 22.7 Å². The number of nitriles is 2. The van der Waals surface area contributed by atoms with Crippen LogP contribution >= 0.6 is 0 Å². The molecule has 0 fully saturated rings. The van der Waals surface area contributed by atoms with Crippen LogP contribution in [0.2, 0.25) is 0 Å². The van der Waals surface area contributed by atoms with Crippen LogP contribution in [0.4, 0.5) is 5.82 Å². The van der Waals surface area contributed by atoms with Crippen LogP contribution in [-0.4, -0.2) is 16.0 Å². The maximum absolute atomic E-state index is 10.1. The molecule has 0 aliphatic rings. The van der Waals surface area contributed by atoms with E-state index in [0.717, 1.165) is 11.1 Å². The van der Waals surface area contributed by atoms with Crippen molar-refractivity contribution >= 4 is 22.5 Å². The zero-order valence-corrected chi connectivity index (χ0v) is 19.0. The summed E-state index contributed by atoms with van der Waals surface area (Å²) in [4.78, 5) is 4.64. The van der Waals surface area contributed by atoms with Crippen LogP contribution < -0.4 is 15.2 Å². The Kier molecular flexibility index (Phi) is 5.66. The lowest BCUT2D eigenvalue weighted by Gasteiger charge is -2.16. The molecule has 170 valence electrons. The Hall–Kier alpha value is -5.01. The van der Waals surface area contributed by atoms with Gasteiger partial charge in [-0.15, -0.1) is 0 Å². The van der Waals surface area contributed by atoms with Gasteiger partial charge in [-0.3, -0.25) is 4.40 Å². The van der Waals surface area contributed by atoms with Crippen LogP contribution in [0.3, 0.4) is 0 Å². The van der Waals surface area contributed by atoms with E-state index in [2.05, 4.69) is 17.1 Å². The van der Waals surface area contributed by atoms with Crippen molar-refractivity contribution < 1.29 is 9.47 Å². The first-order valence-electron chi connectivity index (χ1n) is 11.1. The molecule has 0 radical (unpaired) electrons. The van der Waals surface area contributed by atoms with Gasteiger partial charge in [-0.05, 0) is 42.3 Å². The highest BCUT2D eigenvalue weighted by Crippen LogP contribution is 2.39. The summed E-state index contributed by atoms with van der Waals surface area (Å²) in [5, 5.41) is 20.2. The molecular formula is C28H21N5O2. The number of para-hydroxylation sites is 2. The fraction of sp³-hybridized carbons (Fsp3) is 0.107. The zero-order chi connectivity index (χ0) is 24.4. The lowest BCUT2D eigenvalue weighted by atomic mass is 9.96. The van der Waals surface area contributed by atoms with Crippen LogP contribution in [0.1, 0.15) is 23.6 Å². The van der Waals surface area contributed by atoms with Gasteiger partial charge in [0.1, 0.15) is 35.7 Å². The second-order valence-electron chi connectivity index (χ2n) is 7.86. The molecule has 5 rings (SSSR count). The normalized spacial score (nSPS) is 10.7. The number of pyridine rings is 1. The standard InChI is InChI=1S/C28H21N5O2/c1-2-34-25-14-19(12-13-24(25)35-17-18-8-4-3-5-9-18)26-20(15-29)27(31)33-23-11-7-6-10-22(23)32-28(33)21(26)16-30/h3-14H,2,17,31H2,1H3. The van der Waals surface area contributed by atoms with E-state index < -0.39 is 0 Å². The van der Waals surface area contributed by atoms with Gasteiger partial charge < -0.3 is 15.2 Å². The summed E-state index contributed by atoms with van der Waals surface area (Å²) in [7, 11) is 0. The average molecular weight is 460 g/mol. The molecule has 0 bridgehead atoms. The number of nitrogens with two attached hydrogens (primary N) is 1. The molecule has 0 spiro atoms. The topological polar surface area (TPSA) is 109 Å². The van der Waals surface area contributed by atoms with E-state index in [-0.39, 0.29) is 16.9 Å². The molecule has 0 unspecified atom stereocenters. The first kappa shape index (κ1) is 21.8. The lowest BCUT2D eigenvalue weighted by Crippen LogP contribution is -2.06. The van der Waals surface area contributed by atoms with Crippen molar-refractivity contribution in [3.8, 4) is 34.8 Å². The van der Waals surface area contributed by atoms with Crippen molar-refractivity contribution in [1.29, 1.82) is 10.5 Å². The number of ether oxygens (including phenoxy) is 2. The Balaban J connectivity index is 1.68. The van der Waals surface area contributed by atoms with Gasteiger partial charge in [-0.25, -0.2) is 4.98 Å². The van der Waals surface area contributed by atoms with Gasteiger partial charge in [0.25, 0.3) is 0 Å². The number of nitrogen functional groups attached to an aromatic ring is 1. The third kappa shape index (κ3) is 3.76. The highest BCUT2D eigenvalue weighted by molar-refractivity contribution is 5.93. The quantitative estimate of drug-likeness (QED) is 0.361. The van der Waals surface area contributed by atoms with E-state index in [1.54, 1.807) is 22.6 Å². The molecule has 0 aliphatic heterocycles. The van der Waals surface area contributed by atoms with Crippen molar-refractivity contribution in [2.45, 2.75) is 13.5 Å². The van der Waals surface area contributed by atoms with Crippen LogP contribution in [0.5, 0.6) is 11.5 Å². The molecule has 5 aromatic rings. The number of anilines is 1. The number of aromatic nitrogens is 2. The highest BCUT2D eigenvalue weighted by Gasteiger charge is 2.23. The molecule has 0 saturated carbocycles. The highest BCUT2D eigenvalue weighted by atomic mass is 16.5. The second kappa shape index (κ2) is 9.09. The minimum atomic E-state index is 0.206. The Bertz CT molecular complexity index is 1640. The van der Waals surface area contributed by atoms with Gasteiger partial charge in [0.05, 0.1) is 17.6 Å². The summed E-state index contributed by atoms with van der Waals surface area (Å²) in [5.74, 6) is 1.31. The zero-order valence-electron chi connectivity index (χ0n) is 19.0. The van der Waals surface area contributed by atoms with Crippen LogP contribution in [0.25, 0.3) is 27.8 Å². The Labute approximate surface area is 202 Å². The summed E-state index contributed by atoms with van der Waals surface area (Å²) in [6.45, 7) is 2.69. The first-order valence-corrected chi connectivity index (χ1v) is 11.1. The number of nitrogens with zero attached hydrogens (tertiary/aromatic N) is 4. The maximum Gasteiger partial charge on any atom is 0.161 e. The molecule has 2 aromatic heterocycles. The first-order chi connectivity index (χ1) is 17.2. The monoisotopic (exact) mass is 459 g/mol. The van der Waals surface area contributed by atoms with Gasteiger partial charge in [-0.1, -0.05) is 48.5 Å². The summed E-state index contributed by atoms with van der Waals surface area (Å²) in [6.07, 6.45) is 0. The van der Waals surface area contributed by atoms with Crippen molar-refractivity contribution in [3.63, 3.8) is 0 Å². The minimum absolute atomic E-state index is 0.206. The molecule has 7 nitrogen and oxygen atoms in total. The van der Waals surface area contributed by atoms with Gasteiger partial charge in [0.15, 0.2) is 17.1 Å². The second-order valence-corrected chi connectivity index (χ2v) is 7.86. The summed E-state index contributed by atoms with van der Waals surface area (Å²) in [6, 6.07) is 27.1. The van der Waals surface area contributed by atoms with Crippen molar-refractivity contribution in [3.05, 3.63) is 89.5 Å². The minimum Gasteiger partial charge on any atom is -0.490 e. The van der Waals surface area contributed by atoms with Gasteiger partial charge >= 0.3 is 0 Å². The van der Waals surface area contributed by atoms with Crippen LogP contribution in [0.15, 0.2) is 72.8 Å². The SMILES string of the molecule is CCOc1cc(-c2c(C#N)c(N)n3c(nc4ccccc43)c2C#N)ccc1OCc1ccccc1. The molecule has 7 heteroatoms. The summed E-state index contributed by atoms with van der Waals surface area (Å²) in [5.41, 5.74) is 10.9. The van der Waals surface area contributed by atoms with Crippen molar-refractivity contribution in [1.82, 2.24) is 9.38 Å². The number of hydrogen-bond acceptors (Lipinski definition) is 6. The van der Waals surface area contributed by atoms with Crippen LogP contribution in [-0.2, 0) is 6.61 Å². The van der Waals surface area contributed by atoms with E-state index in [4.69, 9.17) is 15.2 Å². The predicted octanol–water partition coefficient (Wildman–Crippen LogP) is 5.46. The Morgan fingerprint density at radius 1 is 0.886 bits per heavy atom. The van der Waals surface area contributed by atoms with E-state index in [0.29, 0.717) is 47.0 Å². The largest absolute Gasteiger partial charge is 0.490 e. The molecule has 2 heterocycles. The molecule has 0 atom stereocenters. The molecule has 0 amide bonds. The van der Waals surface area contributed by atoms with E-state index >= 15 is 0 Å². The number of benzene rings is 3. The number of rotatable bonds is 6.